The third-order valence-electron chi connectivity index (χ3n) is 3.54. The molecule has 0 bridgehead atoms. The molecule has 102 valence electrons. The molecule has 2 rings (SSSR count). The molecule has 3 heteroatoms. The largest absolute Gasteiger partial charge is 0.497 e. The van der Waals surface area contributed by atoms with E-state index in [1.807, 2.05) is 43.3 Å². The van der Waals surface area contributed by atoms with Gasteiger partial charge < -0.3 is 9.47 Å². The number of ether oxygens (including phenoxy) is 2. The van der Waals surface area contributed by atoms with Gasteiger partial charge in [-0.3, -0.25) is 4.79 Å². The molecule has 19 heavy (non-hydrogen) atoms. The fourth-order valence-electron chi connectivity index (χ4n) is 2.17. The maximum absolute atomic E-state index is 12.2. The van der Waals surface area contributed by atoms with Crippen LogP contribution < -0.4 is 4.74 Å². The van der Waals surface area contributed by atoms with Gasteiger partial charge in [0.1, 0.15) is 5.75 Å². The van der Waals surface area contributed by atoms with Crippen LogP contribution in [0.1, 0.15) is 31.7 Å². The Morgan fingerprint density at radius 2 is 2.00 bits per heavy atom. The first-order valence-electron chi connectivity index (χ1n) is 6.66. The smallest absolute Gasteiger partial charge is 0.316 e. The minimum absolute atomic E-state index is 0.0952. The van der Waals surface area contributed by atoms with Gasteiger partial charge in [0.25, 0.3) is 0 Å². The van der Waals surface area contributed by atoms with Crippen molar-refractivity contribution in [2.75, 3.05) is 13.7 Å². The van der Waals surface area contributed by atoms with Gasteiger partial charge in [-0.2, -0.15) is 0 Å². The van der Waals surface area contributed by atoms with E-state index in [4.69, 9.17) is 9.47 Å². The number of esters is 1. The second kappa shape index (κ2) is 5.91. The summed E-state index contributed by atoms with van der Waals surface area (Å²) in [6.45, 7) is 2.42. The molecule has 0 aliphatic heterocycles. The first-order chi connectivity index (χ1) is 9.23. The molecular formula is C16H20O3. The lowest BCUT2D eigenvalue weighted by Crippen LogP contribution is -2.23. The lowest BCUT2D eigenvalue weighted by atomic mass is 9.96. The molecule has 0 aromatic heterocycles. The summed E-state index contributed by atoms with van der Waals surface area (Å²) < 4.78 is 10.5. The molecular weight excluding hydrogens is 240 g/mol. The SMILES string of the molecule is C/C=C/CCOC(=O)C1(c2ccc(OC)cc2)CC1. The maximum Gasteiger partial charge on any atom is 0.316 e. The Balaban J connectivity index is 1.99. The number of methoxy groups -OCH3 is 1. The van der Waals surface area contributed by atoms with Crippen LogP contribution in [0.4, 0.5) is 0 Å². The number of carbonyl (C=O) groups is 1. The van der Waals surface area contributed by atoms with Crippen molar-refractivity contribution in [1.29, 1.82) is 0 Å². The predicted molar refractivity (Wildman–Crippen MR) is 74.3 cm³/mol. The second-order valence-corrected chi connectivity index (χ2v) is 4.80. The van der Waals surface area contributed by atoms with Gasteiger partial charge in [-0.15, -0.1) is 0 Å². The molecule has 0 heterocycles. The Bertz CT molecular complexity index is 455. The highest BCUT2D eigenvalue weighted by Crippen LogP contribution is 2.49. The molecule has 1 aliphatic rings. The maximum atomic E-state index is 12.2. The molecule has 1 aromatic rings. The van der Waals surface area contributed by atoms with Crippen LogP contribution in [0.15, 0.2) is 36.4 Å². The third-order valence-corrected chi connectivity index (χ3v) is 3.54. The topological polar surface area (TPSA) is 35.5 Å². The number of benzene rings is 1. The number of hydrogen-bond acceptors (Lipinski definition) is 3. The summed E-state index contributed by atoms with van der Waals surface area (Å²) in [4.78, 5) is 12.2. The van der Waals surface area contributed by atoms with E-state index in [0.717, 1.165) is 30.6 Å². The first-order valence-corrected chi connectivity index (χ1v) is 6.66. The number of rotatable bonds is 6. The normalized spacial score (nSPS) is 16.3. The van der Waals surface area contributed by atoms with Gasteiger partial charge >= 0.3 is 5.97 Å². The van der Waals surface area contributed by atoms with Crippen molar-refractivity contribution in [3.05, 3.63) is 42.0 Å². The average Bonchev–Trinajstić information content (AvgIpc) is 3.25. The Hall–Kier alpha value is -1.77. The van der Waals surface area contributed by atoms with Crippen LogP contribution >= 0.6 is 0 Å². The van der Waals surface area contributed by atoms with E-state index in [0.29, 0.717) is 6.61 Å². The molecule has 1 fully saturated rings. The van der Waals surface area contributed by atoms with E-state index < -0.39 is 5.41 Å². The van der Waals surface area contributed by atoms with Crippen LogP contribution in [0.3, 0.4) is 0 Å². The van der Waals surface area contributed by atoms with Gasteiger partial charge in [0.15, 0.2) is 0 Å². The summed E-state index contributed by atoms with van der Waals surface area (Å²) in [6, 6.07) is 7.70. The number of allylic oxidation sites excluding steroid dienone is 1. The van der Waals surface area contributed by atoms with Crippen LogP contribution in [0.2, 0.25) is 0 Å². The zero-order valence-electron chi connectivity index (χ0n) is 11.5. The highest BCUT2D eigenvalue weighted by molar-refractivity contribution is 5.86. The summed E-state index contributed by atoms with van der Waals surface area (Å²) in [5, 5.41) is 0. The standard InChI is InChI=1S/C16H20O3/c1-3-4-5-12-19-15(17)16(10-11-16)13-6-8-14(18-2)9-7-13/h3-4,6-9H,5,10-12H2,1-2H3/b4-3+. The van der Waals surface area contributed by atoms with E-state index in [2.05, 4.69) is 0 Å². The predicted octanol–water partition coefficient (Wildman–Crippen LogP) is 3.24. The van der Waals surface area contributed by atoms with Crippen LogP contribution in [0.25, 0.3) is 0 Å². The van der Waals surface area contributed by atoms with E-state index in [1.54, 1.807) is 7.11 Å². The number of hydrogen-bond donors (Lipinski definition) is 0. The molecule has 0 radical (unpaired) electrons. The van der Waals surface area contributed by atoms with Crippen LogP contribution in [0.5, 0.6) is 5.75 Å². The van der Waals surface area contributed by atoms with Crippen LogP contribution in [0, 0.1) is 0 Å². The lowest BCUT2D eigenvalue weighted by Gasteiger charge is -2.15. The van der Waals surface area contributed by atoms with Gasteiger partial charge in [-0.1, -0.05) is 24.3 Å². The van der Waals surface area contributed by atoms with Crippen LogP contribution in [-0.4, -0.2) is 19.7 Å². The number of carbonyl (C=O) groups excluding carboxylic acids is 1. The van der Waals surface area contributed by atoms with Crippen molar-refractivity contribution in [3.63, 3.8) is 0 Å². The molecule has 1 aliphatic carbocycles. The summed E-state index contributed by atoms with van der Waals surface area (Å²) in [5.41, 5.74) is 0.631. The highest BCUT2D eigenvalue weighted by atomic mass is 16.5. The minimum atomic E-state index is -0.401. The van der Waals surface area contributed by atoms with Crippen molar-refractivity contribution in [1.82, 2.24) is 0 Å². The third kappa shape index (κ3) is 2.98. The van der Waals surface area contributed by atoms with E-state index in [1.165, 1.54) is 0 Å². The Morgan fingerprint density at radius 1 is 1.32 bits per heavy atom. The zero-order valence-corrected chi connectivity index (χ0v) is 11.5. The molecule has 0 spiro atoms. The molecule has 1 saturated carbocycles. The summed E-state index contributed by atoms with van der Waals surface area (Å²) >= 11 is 0. The average molecular weight is 260 g/mol. The van der Waals surface area contributed by atoms with Crippen molar-refractivity contribution in [3.8, 4) is 5.75 Å². The summed E-state index contributed by atoms with van der Waals surface area (Å²) in [5.74, 6) is 0.711. The molecule has 1 aromatic carbocycles. The van der Waals surface area contributed by atoms with Gasteiger partial charge in [0.2, 0.25) is 0 Å². The molecule has 3 nitrogen and oxygen atoms in total. The van der Waals surface area contributed by atoms with Crippen molar-refractivity contribution >= 4 is 5.97 Å². The molecule has 0 amide bonds. The van der Waals surface area contributed by atoms with Gasteiger partial charge in [0, 0.05) is 0 Å². The van der Waals surface area contributed by atoms with E-state index in [9.17, 15) is 4.79 Å². The summed E-state index contributed by atoms with van der Waals surface area (Å²) in [6.07, 6.45) is 6.49. The fourth-order valence-corrected chi connectivity index (χ4v) is 2.17. The lowest BCUT2D eigenvalue weighted by molar-refractivity contribution is -0.146. The minimum Gasteiger partial charge on any atom is -0.497 e. The van der Waals surface area contributed by atoms with E-state index in [-0.39, 0.29) is 5.97 Å². The van der Waals surface area contributed by atoms with Gasteiger partial charge in [0.05, 0.1) is 19.1 Å². The fraction of sp³-hybridized carbons (Fsp3) is 0.438. The van der Waals surface area contributed by atoms with Crippen molar-refractivity contribution in [2.45, 2.75) is 31.6 Å². The molecule has 0 saturated heterocycles. The highest BCUT2D eigenvalue weighted by Gasteiger charge is 2.52. The van der Waals surface area contributed by atoms with Crippen molar-refractivity contribution in [2.24, 2.45) is 0 Å². The quantitative estimate of drug-likeness (QED) is 0.447. The zero-order chi connectivity index (χ0) is 13.7. The molecule has 0 N–H and O–H groups in total. The molecule has 0 unspecified atom stereocenters. The second-order valence-electron chi connectivity index (χ2n) is 4.80. The first kappa shape index (κ1) is 13.7. The van der Waals surface area contributed by atoms with Gasteiger partial charge in [-0.05, 0) is 43.9 Å². The molecule has 0 atom stereocenters. The Morgan fingerprint density at radius 3 is 2.53 bits per heavy atom. The van der Waals surface area contributed by atoms with E-state index >= 15 is 0 Å². The Labute approximate surface area is 114 Å². The van der Waals surface area contributed by atoms with Crippen molar-refractivity contribution < 1.29 is 14.3 Å². The Kier molecular flexibility index (Phi) is 4.25. The monoisotopic (exact) mass is 260 g/mol. The van der Waals surface area contributed by atoms with Crippen LogP contribution in [-0.2, 0) is 14.9 Å². The summed E-state index contributed by atoms with van der Waals surface area (Å²) in [7, 11) is 1.64. The van der Waals surface area contributed by atoms with Gasteiger partial charge in [-0.25, -0.2) is 0 Å².